The second-order valence-electron chi connectivity index (χ2n) is 5.67. The minimum atomic E-state index is -0.214. The van der Waals surface area contributed by atoms with Crippen LogP contribution in [0, 0.1) is 6.92 Å². The van der Waals surface area contributed by atoms with E-state index in [1.807, 2.05) is 84.7 Å². The average Bonchev–Trinajstić information content (AvgIpc) is 3.06. The van der Waals surface area contributed by atoms with E-state index in [0.717, 1.165) is 17.0 Å². The zero-order valence-electron chi connectivity index (χ0n) is 14.1. The molecule has 0 aliphatic heterocycles. The molecule has 2 aromatic carbocycles. The van der Waals surface area contributed by atoms with Gasteiger partial charge in [0.05, 0.1) is 12.2 Å². The number of nitrogens with one attached hydrogen (secondary N) is 1. The predicted octanol–water partition coefficient (Wildman–Crippen LogP) is 4.34. The fraction of sp³-hybridized carbons (Fsp3) is 0.0952. The number of anilines is 1. The van der Waals surface area contributed by atoms with Gasteiger partial charge in [-0.15, -0.1) is 0 Å². The van der Waals surface area contributed by atoms with Crippen molar-refractivity contribution in [1.29, 1.82) is 0 Å². The molecule has 1 amide bonds. The number of rotatable bonds is 6. The first-order valence-corrected chi connectivity index (χ1v) is 8.12. The van der Waals surface area contributed by atoms with E-state index in [-0.39, 0.29) is 5.91 Å². The molecule has 0 fully saturated rings. The lowest BCUT2D eigenvalue weighted by molar-refractivity contribution is -0.116. The summed E-state index contributed by atoms with van der Waals surface area (Å²) in [6, 6.07) is 23.5. The zero-order chi connectivity index (χ0) is 17.5. The zero-order valence-corrected chi connectivity index (χ0v) is 14.1. The third-order valence-electron chi connectivity index (χ3n) is 3.66. The van der Waals surface area contributed by atoms with Gasteiger partial charge in [-0.2, -0.15) is 0 Å². The number of amides is 1. The largest absolute Gasteiger partial charge is 0.462 e. The van der Waals surface area contributed by atoms with Gasteiger partial charge in [0.2, 0.25) is 0 Å². The molecular formula is C21H20N2O2. The maximum absolute atomic E-state index is 12.3. The highest BCUT2D eigenvalue weighted by atomic mass is 16.3. The molecule has 126 valence electrons. The molecule has 0 radical (unpaired) electrons. The molecule has 0 unspecified atom stereocenters. The van der Waals surface area contributed by atoms with Crippen LogP contribution in [0.3, 0.4) is 0 Å². The van der Waals surface area contributed by atoms with Crippen molar-refractivity contribution in [3.05, 3.63) is 96.0 Å². The van der Waals surface area contributed by atoms with Gasteiger partial charge < -0.3 is 4.42 Å². The Kier molecular flexibility index (Phi) is 5.32. The number of hydrogen-bond donors (Lipinski definition) is 1. The summed E-state index contributed by atoms with van der Waals surface area (Å²) in [6.07, 6.45) is 3.13. The van der Waals surface area contributed by atoms with Crippen molar-refractivity contribution in [3.63, 3.8) is 0 Å². The van der Waals surface area contributed by atoms with Crippen molar-refractivity contribution in [2.45, 2.75) is 13.5 Å². The Hall–Kier alpha value is -3.27. The van der Waals surface area contributed by atoms with E-state index in [9.17, 15) is 4.79 Å². The third-order valence-corrected chi connectivity index (χ3v) is 3.66. The number of hydrogen-bond acceptors (Lipinski definition) is 3. The van der Waals surface area contributed by atoms with Crippen LogP contribution in [0.4, 0.5) is 5.69 Å². The van der Waals surface area contributed by atoms with Gasteiger partial charge >= 0.3 is 0 Å². The molecule has 4 heteroatoms. The lowest BCUT2D eigenvalue weighted by Crippen LogP contribution is -2.41. The van der Waals surface area contributed by atoms with Crippen molar-refractivity contribution in [3.8, 4) is 0 Å². The Morgan fingerprint density at radius 2 is 1.68 bits per heavy atom. The maximum atomic E-state index is 12.3. The Labute approximate surface area is 147 Å². The van der Waals surface area contributed by atoms with E-state index in [2.05, 4.69) is 5.43 Å². The van der Waals surface area contributed by atoms with Crippen molar-refractivity contribution in [2.24, 2.45) is 0 Å². The maximum Gasteiger partial charge on any atom is 0.262 e. The fourth-order valence-electron chi connectivity index (χ4n) is 2.44. The lowest BCUT2D eigenvalue weighted by Gasteiger charge is -2.25. The fourth-order valence-corrected chi connectivity index (χ4v) is 2.44. The van der Waals surface area contributed by atoms with Crippen LogP contribution in [-0.4, -0.2) is 5.91 Å². The van der Waals surface area contributed by atoms with Gasteiger partial charge in [0.1, 0.15) is 11.5 Å². The van der Waals surface area contributed by atoms with Crippen LogP contribution in [0.15, 0.2) is 83.3 Å². The van der Waals surface area contributed by atoms with Crippen molar-refractivity contribution < 1.29 is 9.21 Å². The topological polar surface area (TPSA) is 45.5 Å². The van der Waals surface area contributed by atoms with Crippen LogP contribution in [0.1, 0.15) is 17.1 Å². The van der Waals surface area contributed by atoms with Crippen molar-refractivity contribution in [1.82, 2.24) is 5.43 Å². The molecule has 3 rings (SSSR count). The van der Waals surface area contributed by atoms with Crippen LogP contribution >= 0.6 is 0 Å². The van der Waals surface area contributed by atoms with E-state index < -0.39 is 0 Å². The summed E-state index contributed by atoms with van der Waals surface area (Å²) >= 11 is 0. The molecule has 0 aliphatic carbocycles. The van der Waals surface area contributed by atoms with Gasteiger partial charge in [0.15, 0.2) is 0 Å². The summed E-state index contributed by atoms with van der Waals surface area (Å²) in [5, 5.41) is 1.83. The van der Waals surface area contributed by atoms with E-state index >= 15 is 0 Å². The quantitative estimate of drug-likeness (QED) is 0.539. The summed E-state index contributed by atoms with van der Waals surface area (Å²) < 4.78 is 5.44. The predicted molar refractivity (Wildman–Crippen MR) is 99.7 cm³/mol. The number of furan rings is 1. The van der Waals surface area contributed by atoms with Gasteiger partial charge in [0, 0.05) is 6.08 Å². The summed E-state index contributed by atoms with van der Waals surface area (Å²) in [6.45, 7) is 2.44. The van der Waals surface area contributed by atoms with Gasteiger partial charge in [0.25, 0.3) is 5.91 Å². The first-order valence-electron chi connectivity index (χ1n) is 8.12. The standard InChI is InChI=1S/C21H20N2O2/c1-17-12-13-20(25-17)14-15-21(24)22-23(19-10-6-3-7-11-19)16-18-8-4-2-5-9-18/h2-15H,16H2,1H3,(H,22,24)/b15-14-. The molecule has 0 aliphatic rings. The number of benzene rings is 2. The minimum Gasteiger partial charge on any atom is -0.462 e. The van der Waals surface area contributed by atoms with Crippen LogP contribution in [0.5, 0.6) is 0 Å². The van der Waals surface area contributed by atoms with Gasteiger partial charge in [-0.05, 0) is 42.8 Å². The monoisotopic (exact) mass is 332 g/mol. The number of carbonyl (C=O) groups is 1. The number of carbonyl (C=O) groups excluding carboxylic acids is 1. The summed E-state index contributed by atoms with van der Waals surface area (Å²) in [5.41, 5.74) is 4.95. The normalized spacial score (nSPS) is 10.8. The molecule has 0 atom stereocenters. The van der Waals surface area contributed by atoms with Crippen LogP contribution in [0.2, 0.25) is 0 Å². The van der Waals surface area contributed by atoms with Crippen molar-refractivity contribution >= 4 is 17.7 Å². The van der Waals surface area contributed by atoms with Crippen LogP contribution < -0.4 is 10.4 Å². The molecule has 25 heavy (non-hydrogen) atoms. The first-order chi connectivity index (χ1) is 12.2. The molecule has 0 saturated carbocycles. The summed E-state index contributed by atoms with van der Waals surface area (Å²) in [7, 11) is 0. The molecule has 4 nitrogen and oxygen atoms in total. The first kappa shape index (κ1) is 16.6. The van der Waals surface area contributed by atoms with E-state index in [1.165, 1.54) is 6.08 Å². The third kappa shape index (κ3) is 4.85. The van der Waals surface area contributed by atoms with Crippen molar-refractivity contribution in [2.75, 3.05) is 5.01 Å². The van der Waals surface area contributed by atoms with Gasteiger partial charge in [-0.3, -0.25) is 15.2 Å². The molecule has 1 aromatic heterocycles. The van der Waals surface area contributed by atoms with Gasteiger partial charge in [-0.1, -0.05) is 48.5 Å². The Morgan fingerprint density at radius 3 is 2.32 bits per heavy atom. The minimum absolute atomic E-state index is 0.214. The molecule has 3 aromatic rings. The number of para-hydroxylation sites is 1. The highest BCUT2D eigenvalue weighted by molar-refractivity contribution is 5.92. The summed E-state index contributed by atoms with van der Waals surface area (Å²) in [5.74, 6) is 1.26. The number of hydrazine groups is 1. The Morgan fingerprint density at radius 1 is 1.00 bits per heavy atom. The summed E-state index contributed by atoms with van der Waals surface area (Å²) in [4.78, 5) is 12.3. The second kappa shape index (κ2) is 8.02. The highest BCUT2D eigenvalue weighted by Crippen LogP contribution is 2.15. The highest BCUT2D eigenvalue weighted by Gasteiger charge is 2.09. The lowest BCUT2D eigenvalue weighted by atomic mass is 10.2. The molecule has 0 bridgehead atoms. The van der Waals surface area contributed by atoms with E-state index in [0.29, 0.717) is 12.3 Å². The smallest absolute Gasteiger partial charge is 0.262 e. The van der Waals surface area contributed by atoms with E-state index in [1.54, 1.807) is 6.08 Å². The molecule has 1 N–H and O–H groups in total. The van der Waals surface area contributed by atoms with Gasteiger partial charge in [-0.25, -0.2) is 0 Å². The number of aryl methyl sites for hydroxylation is 1. The molecular weight excluding hydrogens is 312 g/mol. The van der Waals surface area contributed by atoms with Crippen LogP contribution in [0.25, 0.3) is 6.08 Å². The van der Waals surface area contributed by atoms with Crippen LogP contribution in [-0.2, 0) is 11.3 Å². The SMILES string of the molecule is Cc1ccc(/C=C\C(=O)NN(Cc2ccccc2)c2ccccc2)o1. The number of nitrogens with zero attached hydrogens (tertiary/aromatic N) is 1. The Bertz CT molecular complexity index is 839. The molecule has 0 spiro atoms. The second-order valence-corrected chi connectivity index (χ2v) is 5.67. The average molecular weight is 332 g/mol. The molecule has 1 heterocycles. The van der Waals surface area contributed by atoms with E-state index in [4.69, 9.17) is 4.42 Å². The molecule has 0 saturated heterocycles. The Balaban J connectivity index is 1.73.